The van der Waals surface area contributed by atoms with Crippen LogP contribution < -0.4 is 10.6 Å². The zero-order chi connectivity index (χ0) is 14.7. The fourth-order valence-electron chi connectivity index (χ4n) is 4.28. The summed E-state index contributed by atoms with van der Waals surface area (Å²) in [5.74, 6) is 3.05. The average molecular weight is 292 g/mol. The molecule has 0 aromatic rings. The maximum absolute atomic E-state index is 11.9. The Morgan fingerprint density at radius 1 is 0.952 bits per heavy atom. The molecule has 3 aliphatic rings. The Hall–Kier alpha value is -1.06. The number of hydrogen-bond acceptors (Lipinski definition) is 2. The molecule has 0 aliphatic heterocycles. The largest absolute Gasteiger partial charge is 0.356 e. The standard InChI is InChI=1S/C17H28N2O2/c20-16(11-15-10-12-5-6-14(15)9-12)18-7-2-8-19-17(21)13-3-1-4-13/h12-15H,1-11H2,(H,18,20)(H,19,21)/t12-,14-,15+/m0/s1. The molecular weight excluding hydrogens is 264 g/mol. The van der Waals surface area contributed by atoms with E-state index in [0.717, 1.165) is 37.5 Å². The highest BCUT2D eigenvalue weighted by Crippen LogP contribution is 2.49. The van der Waals surface area contributed by atoms with E-state index >= 15 is 0 Å². The van der Waals surface area contributed by atoms with Gasteiger partial charge < -0.3 is 10.6 Å². The van der Waals surface area contributed by atoms with Gasteiger partial charge in [-0.15, -0.1) is 0 Å². The van der Waals surface area contributed by atoms with E-state index in [0.29, 0.717) is 19.0 Å². The van der Waals surface area contributed by atoms with Gasteiger partial charge in [-0.25, -0.2) is 0 Å². The first-order chi connectivity index (χ1) is 10.2. The number of hydrogen-bond donors (Lipinski definition) is 2. The third-order valence-corrected chi connectivity index (χ3v) is 5.78. The molecule has 0 spiro atoms. The summed E-state index contributed by atoms with van der Waals surface area (Å²) in [7, 11) is 0. The van der Waals surface area contributed by atoms with E-state index in [2.05, 4.69) is 10.6 Å². The quantitative estimate of drug-likeness (QED) is 0.707. The van der Waals surface area contributed by atoms with Crippen molar-refractivity contribution in [1.82, 2.24) is 10.6 Å². The van der Waals surface area contributed by atoms with Crippen molar-refractivity contribution < 1.29 is 9.59 Å². The Morgan fingerprint density at radius 3 is 2.38 bits per heavy atom. The van der Waals surface area contributed by atoms with Crippen molar-refractivity contribution in [3.63, 3.8) is 0 Å². The van der Waals surface area contributed by atoms with Crippen LogP contribution in [-0.2, 0) is 9.59 Å². The van der Waals surface area contributed by atoms with E-state index in [9.17, 15) is 9.59 Å². The van der Waals surface area contributed by atoms with E-state index in [1.807, 2.05) is 0 Å². The number of carbonyl (C=O) groups excluding carboxylic acids is 2. The van der Waals surface area contributed by atoms with Crippen LogP contribution in [0.5, 0.6) is 0 Å². The van der Waals surface area contributed by atoms with E-state index in [4.69, 9.17) is 0 Å². The second-order valence-corrected chi connectivity index (χ2v) is 7.26. The summed E-state index contributed by atoms with van der Waals surface area (Å²) >= 11 is 0. The minimum Gasteiger partial charge on any atom is -0.356 e. The molecule has 3 atom stereocenters. The Labute approximate surface area is 127 Å². The SMILES string of the molecule is O=C(C[C@H]1C[C@H]2CC[C@H]1C2)NCCCNC(=O)C1CCC1. The van der Waals surface area contributed by atoms with Crippen LogP contribution in [-0.4, -0.2) is 24.9 Å². The maximum atomic E-state index is 11.9. The fraction of sp³-hybridized carbons (Fsp3) is 0.882. The number of rotatable bonds is 7. The molecule has 21 heavy (non-hydrogen) atoms. The van der Waals surface area contributed by atoms with Gasteiger partial charge in [0.15, 0.2) is 0 Å². The lowest BCUT2D eigenvalue weighted by Crippen LogP contribution is -2.36. The van der Waals surface area contributed by atoms with Gasteiger partial charge in [0.05, 0.1) is 0 Å². The molecule has 2 bridgehead atoms. The molecular formula is C17H28N2O2. The maximum Gasteiger partial charge on any atom is 0.223 e. The van der Waals surface area contributed by atoms with Gasteiger partial charge in [-0.3, -0.25) is 9.59 Å². The Morgan fingerprint density at radius 2 is 1.76 bits per heavy atom. The molecule has 4 nitrogen and oxygen atoms in total. The van der Waals surface area contributed by atoms with E-state index < -0.39 is 0 Å². The first-order valence-electron chi connectivity index (χ1n) is 8.77. The molecule has 0 radical (unpaired) electrons. The number of amides is 2. The molecule has 3 fully saturated rings. The van der Waals surface area contributed by atoms with Gasteiger partial charge in [0.25, 0.3) is 0 Å². The normalized spacial score (nSPS) is 31.0. The number of fused-ring (bicyclic) bond motifs is 2. The van der Waals surface area contributed by atoms with E-state index in [1.54, 1.807) is 0 Å². The van der Waals surface area contributed by atoms with Gasteiger partial charge in [0.1, 0.15) is 0 Å². The first-order valence-corrected chi connectivity index (χ1v) is 8.77. The van der Waals surface area contributed by atoms with Gasteiger partial charge in [0, 0.05) is 25.4 Å². The zero-order valence-electron chi connectivity index (χ0n) is 12.9. The van der Waals surface area contributed by atoms with Crippen molar-refractivity contribution in [3.8, 4) is 0 Å². The van der Waals surface area contributed by atoms with Crippen LogP contribution in [0.25, 0.3) is 0 Å². The predicted octanol–water partition coefficient (Wildman–Crippen LogP) is 2.24. The van der Waals surface area contributed by atoms with Crippen LogP contribution in [0.2, 0.25) is 0 Å². The summed E-state index contributed by atoms with van der Waals surface area (Å²) in [6.07, 6.45) is 10.2. The molecule has 2 amide bonds. The highest BCUT2D eigenvalue weighted by molar-refractivity contribution is 5.79. The molecule has 0 unspecified atom stereocenters. The molecule has 0 heterocycles. The van der Waals surface area contributed by atoms with Crippen molar-refractivity contribution >= 4 is 11.8 Å². The summed E-state index contributed by atoms with van der Waals surface area (Å²) in [6.45, 7) is 1.37. The molecule has 2 N–H and O–H groups in total. The monoisotopic (exact) mass is 292 g/mol. The third-order valence-electron chi connectivity index (χ3n) is 5.78. The van der Waals surface area contributed by atoms with Crippen molar-refractivity contribution in [2.75, 3.05) is 13.1 Å². The van der Waals surface area contributed by atoms with Gasteiger partial charge in [-0.2, -0.15) is 0 Å². The molecule has 0 aromatic carbocycles. The molecule has 118 valence electrons. The summed E-state index contributed by atoms with van der Waals surface area (Å²) in [4.78, 5) is 23.6. The van der Waals surface area contributed by atoms with E-state index in [-0.39, 0.29) is 17.7 Å². The molecule has 3 rings (SSSR count). The van der Waals surface area contributed by atoms with Gasteiger partial charge in [-0.1, -0.05) is 12.8 Å². The smallest absolute Gasteiger partial charge is 0.223 e. The van der Waals surface area contributed by atoms with Crippen LogP contribution in [0, 0.1) is 23.7 Å². The number of nitrogens with one attached hydrogen (secondary N) is 2. The topological polar surface area (TPSA) is 58.2 Å². The second kappa shape index (κ2) is 6.80. The fourth-order valence-corrected chi connectivity index (χ4v) is 4.28. The molecule has 3 saturated carbocycles. The Bertz CT molecular complexity index is 392. The average Bonchev–Trinajstić information content (AvgIpc) is 2.98. The van der Waals surface area contributed by atoms with Crippen LogP contribution in [0.4, 0.5) is 0 Å². The summed E-state index contributed by atoms with van der Waals surface area (Å²) in [5, 5.41) is 5.97. The summed E-state index contributed by atoms with van der Waals surface area (Å²) in [6, 6.07) is 0. The minimum atomic E-state index is 0.203. The summed E-state index contributed by atoms with van der Waals surface area (Å²) in [5.41, 5.74) is 0. The number of carbonyl (C=O) groups is 2. The molecule has 0 saturated heterocycles. The first kappa shape index (κ1) is 14.9. The predicted molar refractivity (Wildman–Crippen MR) is 81.5 cm³/mol. The second-order valence-electron chi connectivity index (χ2n) is 7.26. The molecule has 0 aromatic heterocycles. The van der Waals surface area contributed by atoms with Crippen LogP contribution in [0.15, 0.2) is 0 Å². The lowest BCUT2D eigenvalue weighted by molar-refractivity contribution is -0.127. The third kappa shape index (κ3) is 3.78. The van der Waals surface area contributed by atoms with Gasteiger partial charge in [0.2, 0.25) is 11.8 Å². The highest BCUT2D eigenvalue weighted by Gasteiger charge is 2.39. The van der Waals surface area contributed by atoms with Crippen LogP contribution in [0.3, 0.4) is 0 Å². The Kier molecular flexibility index (Phi) is 4.81. The van der Waals surface area contributed by atoms with Gasteiger partial charge >= 0.3 is 0 Å². The van der Waals surface area contributed by atoms with Crippen molar-refractivity contribution in [2.45, 2.75) is 57.8 Å². The van der Waals surface area contributed by atoms with Crippen LogP contribution in [0.1, 0.15) is 57.8 Å². The Balaban J connectivity index is 1.22. The lowest BCUT2D eigenvalue weighted by atomic mass is 9.85. The minimum absolute atomic E-state index is 0.203. The summed E-state index contributed by atoms with van der Waals surface area (Å²) < 4.78 is 0. The van der Waals surface area contributed by atoms with Crippen molar-refractivity contribution in [3.05, 3.63) is 0 Å². The van der Waals surface area contributed by atoms with E-state index in [1.165, 1.54) is 32.1 Å². The molecule has 4 heteroatoms. The highest BCUT2D eigenvalue weighted by atomic mass is 16.2. The van der Waals surface area contributed by atoms with Gasteiger partial charge in [-0.05, 0) is 56.3 Å². The van der Waals surface area contributed by atoms with Crippen LogP contribution >= 0.6 is 0 Å². The molecule has 3 aliphatic carbocycles. The lowest BCUT2D eigenvalue weighted by Gasteiger charge is -2.24. The van der Waals surface area contributed by atoms with Crippen molar-refractivity contribution in [1.29, 1.82) is 0 Å². The zero-order valence-corrected chi connectivity index (χ0v) is 12.9. The van der Waals surface area contributed by atoms with Crippen molar-refractivity contribution in [2.24, 2.45) is 23.7 Å².